The second-order valence-corrected chi connectivity index (χ2v) is 2.39. The van der Waals surface area contributed by atoms with E-state index < -0.39 is 11.9 Å². The Morgan fingerprint density at radius 3 is 2.86 bits per heavy atom. The number of carboxylic acids is 1. The van der Waals surface area contributed by atoms with Crippen molar-refractivity contribution in [1.82, 2.24) is 4.98 Å². The number of aromatic nitrogens is 1. The highest BCUT2D eigenvalue weighted by Gasteiger charge is 2.05. The minimum Gasteiger partial charge on any atom is -0.478 e. The number of hydrogen-bond acceptors (Lipinski definition) is 3. The van der Waals surface area contributed by atoms with Gasteiger partial charge < -0.3 is 5.11 Å². The zero-order chi connectivity index (χ0) is 10.6. The third-order valence-electron chi connectivity index (χ3n) is 1.50. The smallest absolute Gasteiger partial charge is 0.328 e. The van der Waals surface area contributed by atoms with Gasteiger partial charge in [0.1, 0.15) is 0 Å². The minimum absolute atomic E-state index is 0.190. The molecule has 1 N–H and O–H groups in total. The SMILES string of the molecule is O=Cc1c(C=CC(=O)O)ccnc1F. The molecule has 0 amide bonds. The summed E-state index contributed by atoms with van der Waals surface area (Å²) in [5, 5.41) is 8.32. The second kappa shape index (κ2) is 4.27. The lowest BCUT2D eigenvalue weighted by molar-refractivity contribution is -0.131. The van der Waals surface area contributed by atoms with Gasteiger partial charge in [0.2, 0.25) is 5.95 Å². The number of aldehydes is 1. The average molecular weight is 195 g/mol. The maximum atomic E-state index is 12.9. The molecule has 0 aliphatic rings. The number of hydrogen-bond donors (Lipinski definition) is 1. The van der Waals surface area contributed by atoms with Crippen LogP contribution < -0.4 is 0 Å². The lowest BCUT2D eigenvalue weighted by atomic mass is 10.1. The van der Waals surface area contributed by atoms with Gasteiger partial charge in [-0.25, -0.2) is 9.78 Å². The van der Waals surface area contributed by atoms with Crippen LogP contribution in [-0.2, 0) is 4.79 Å². The number of pyridine rings is 1. The normalized spacial score (nSPS) is 10.4. The predicted octanol–water partition coefficient (Wildman–Crippen LogP) is 1.13. The molecule has 0 saturated carbocycles. The fourth-order valence-corrected chi connectivity index (χ4v) is 0.885. The third-order valence-corrected chi connectivity index (χ3v) is 1.50. The standard InChI is InChI=1S/C9H6FNO3/c10-9-7(5-12)6(3-4-11-9)1-2-8(13)14/h1-5H,(H,13,14). The molecule has 1 heterocycles. The quantitative estimate of drug-likeness (QED) is 0.446. The van der Waals surface area contributed by atoms with Gasteiger partial charge >= 0.3 is 5.97 Å². The minimum atomic E-state index is -1.17. The van der Waals surface area contributed by atoms with E-state index in [-0.39, 0.29) is 11.1 Å². The molecule has 0 spiro atoms. The van der Waals surface area contributed by atoms with Gasteiger partial charge in [0.25, 0.3) is 0 Å². The third kappa shape index (κ3) is 2.22. The highest BCUT2D eigenvalue weighted by atomic mass is 19.1. The number of carbonyl (C=O) groups is 2. The Labute approximate surface area is 78.7 Å². The van der Waals surface area contributed by atoms with Crippen LogP contribution in [-0.4, -0.2) is 22.3 Å². The maximum Gasteiger partial charge on any atom is 0.328 e. The van der Waals surface area contributed by atoms with E-state index in [0.717, 1.165) is 18.3 Å². The summed E-state index contributed by atoms with van der Waals surface area (Å²) in [6.07, 6.45) is 3.41. The summed E-state index contributed by atoms with van der Waals surface area (Å²) in [5.41, 5.74) is -0.0556. The number of rotatable bonds is 3. The van der Waals surface area contributed by atoms with Crippen LogP contribution in [0.1, 0.15) is 15.9 Å². The summed E-state index contributed by atoms with van der Waals surface area (Å²) in [6, 6.07) is 1.35. The zero-order valence-electron chi connectivity index (χ0n) is 6.98. The van der Waals surface area contributed by atoms with E-state index in [1.807, 2.05) is 0 Å². The molecule has 0 saturated heterocycles. The topological polar surface area (TPSA) is 67.3 Å². The first-order valence-electron chi connectivity index (χ1n) is 3.66. The first-order chi connectivity index (χ1) is 6.65. The van der Waals surface area contributed by atoms with Crippen molar-refractivity contribution in [2.75, 3.05) is 0 Å². The number of halogens is 1. The van der Waals surface area contributed by atoms with E-state index in [1.165, 1.54) is 6.07 Å². The second-order valence-electron chi connectivity index (χ2n) is 2.39. The largest absolute Gasteiger partial charge is 0.478 e. The summed E-state index contributed by atoms with van der Waals surface area (Å²) < 4.78 is 12.9. The van der Waals surface area contributed by atoms with Crippen molar-refractivity contribution in [3.05, 3.63) is 35.4 Å². The number of carboxylic acid groups (broad SMARTS) is 1. The molecule has 0 aromatic carbocycles. The van der Waals surface area contributed by atoms with Gasteiger partial charge in [0, 0.05) is 12.3 Å². The molecule has 0 radical (unpaired) electrons. The van der Waals surface area contributed by atoms with Gasteiger partial charge in [-0.15, -0.1) is 0 Å². The molecular formula is C9H6FNO3. The molecular weight excluding hydrogens is 189 g/mol. The molecule has 5 heteroatoms. The summed E-state index contributed by atoms with van der Waals surface area (Å²) in [4.78, 5) is 23.9. The molecule has 4 nitrogen and oxygen atoms in total. The van der Waals surface area contributed by atoms with Gasteiger partial charge in [-0.1, -0.05) is 0 Å². The van der Waals surface area contributed by atoms with E-state index in [4.69, 9.17) is 5.11 Å². The fourth-order valence-electron chi connectivity index (χ4n) is 0.885. The molecule has 72 valence electrons. The van der Waals surface area contributed by atoms with Crippen LogP contribution in [0.15, 0.2) is 18.3 Å². The molecule has 0 fully saturated rings. The van der Waals surface area contributed by atoms with Gasteiger partial charge in [-0.05, 0) is 17.7 Å². The molecule has 0 atom stereocenters. The number of carbonyl (C=O) groups excluding carboxylic acids is 1. The van der Waals surface area contributed by atoms with Crippen LogP contribution in [0.25, 0.3) is 6.08 Å². The molecule has 1 aromatic rings. The Hall–Kier alpha value is -2.04. The fraction of sp³-hybridized carbons (Fsp3) is 0. The van der Waals surface area contributed by atoms with Gasteiger partial charge in [-0.2, -0.15) is 4.39 Å². The highest BCUT2D eigenvalue weighted by molar-refractivity contribution is 5.88. The first kappa shape index (κ1) is 10.0. The molecule has 0 aliphatic heterocycles. The molecule has 0 unspecified atom stereocenters. The molecule has 14 heavy (non-hydrogen) atoms. The average Bonchev–Trinajstić information content (AvgIpc) is 2.14. The summed E-state index contributed by atoms with van der Waals surface area (Å²) in [5.74, 6) is -2.08. The van der Waals surface area contributed by atoms with Crippen LogP contribution in [0, 0.1) is 5.95 Å². The van der Waals surface area contributed by atoms with E-state index in [2.05, 4.69) is 4.98 Å². The van der Waals surface area contributed by atoms with Gasteiger partial charge in [0.05, 0.1) is 5.56 Å². The van der Waals surface area contributed by atoms with Crippen molar-refractivity contribution >= 4 is 18.3 Å². The Bertz CT molecular complexity index is 401. The molecule has 1 rings (SSSR count). The monoisotopic (exact) mass is 195 g/mol. The number of nitrogens with zero attached hydrogens (tertiary/aromatic N) is 1. The van der Waals surface area contributed by atoms with E-state index in [1.54, 1.807) is 0 Å². The van der Waals surface area contributed by atoms with Crippen LogP contribution in [0.2, 0.25) is 0 Å². The Kier molecular flexibility index (Phi) is 3.06. The van der Waals surface area contributed by atoms with Gasteiger partial charge in [-0.3, -0.25) is 4.79 Å². The van der Waals surface area contributed by atoms with Crippen LogP contribution in [0.3, 0.4) is 0 Å². The van der Waals surface area contributed by atoms with Gasteiger partial charge in [0.15, 0.2) is 6.29 Å². The Balaban J connectivity index is 3.14. The Morgan fingerprint density at radius 2 is 2.29 bits per heavy atom. The highest BCUT2D eigenvalue weighted by Crippen LogP contribution is 2.10. The van der Waals surface area contributed by atoms with E-state index in [9.17, 15) is 14.0 Å². The lowest BCUT2D eigenvalue weighted by Crippen LogP contribution is -1.95. The van der Waals surface area contributed by atoms with E-state index >= 15 is 0 Å². The lowest BCUT2D eigenvalue weighted by Gasteiger charge is -1.97. The number of aliphatic carboxylic acids is 1. The van der Waals surface area contributed by atoms with Crippen LogP contribution in [0.4, 0.5) is 4.39 Å². The van der Waals surface area contributed by atoms with Crippen LogP contribution >= 0.6 is 0 Å². The van der Waals surface area contributed by atoms with Crippen molar-refractivity contribution in [3.8, 4) is 0 Å². The van der Waals surface area contributed by atoms with Crippen molar-refractivity contribution in [1.29, 1.82) is 0 Å². The van der Waals surface area contributed by atoms with E-state index in [0.29, 0.717) is 6.29 Å². The van der Waals surface area contributed by atoms with Crippen molar-refractivity contribution in [3.63, 3.8) is 0 Å². The maximum absolute atomic E-state index is 12.9. The molecule has 0 aliphatic carbocycles. The molecule has 1 aromatic heterocycles. The Morgan fingerprint density at radius 1 is 1.57 bits per heavy atom. The summed E-state index contributed by atoms with van der Waals surface area (Å²) in [6.45, 7) is 0. The molecule has 0 bridgehead atoms. The first-order valence-corrected chi connectivity index (χ1v) is 3.66. The van der Waals surface area contributed by atoms with Crippen molar-refractivity contribution in [2.45, 2.75) is 0 Å². The predicted molar refractivity (Wildman–Crippen MR) is 46.3 cm³/mol. The van der Waals surface area contributed by atoms with Crippen molar-refractivity contribution < 1.29 is 19.1 Å². The summed E-state index contributed by atoms with van der Waals surface area (Å²) >= 11 is 0. The summed E-state index contributed by atoms with van der Waals surface area (Å²) in [7, 11) is 0. The zero-order valence-corrected chi connectivity index (χ0v) is 6.98. The van der Waals surface area contributed by atoms with Crippen LogP contribution in [0.5, 0.6) is 0 Å². The van der Waals surface area contributed by atoms with Crippen molar-refractivity contribution in [2.24, 2.45) is 0 Å².